The maximum atomic E-state index is 10.7. The molecule has 0 aliphatic heterocycles. The van der Waals surface area contributed by atoms with E-state index in [4.69, 9.17) is 0 Å². The van der Waals surface area contributed by atoms with E-state index < -0.39 is 12.1 Å². The van der Waals surface area contributed by atoms with Gasteiger partial charge in [-0.1, -0.05) is 0 Å². The lowest BCUT2D eigenvalue weighted by Gasteiger charge is -2.05. The summed E-state index contributed by atoms with van der Waals surface area (Å²) in [6.07, 6.45) is 0.875. The molecule has 0 amide bonds. The Kier molecular flexibility index (Phi) is 2.88. The summed E-state index contributed by atoms with van der Waals surface area (Å²) >= 11 is 0. The number of aromatic amines is 1. The summed E-state index contributed by atoms with van der Waals surface area (Å²) in [4.78, 5) is 13.5. The zero-order chi connectivity index (χ0) is 8.97. The first-order valence-corrected chi connectivity index (χ1v) is 3.62. The quantitative estimate of drug-likeness (QED) is 0.652. The summed E-state index contributed by atoms with van der Waals surface area (Å²) < 4.78 is 4.41. The van der Waals surface area contributed by atoms with Gasteiger partial charge >= 0.3 is 5.97 Å². The zero-order valence-corrected chi connectivity index (χ0v) is 6.78. The second kappa shape index (κ2) is 3.92. The lowest BCUT2D eigenvalue weighted by atomic mass is 10.2. The predicted octanol–water partition coefficient (Wildman–Crippen LogP) is 0.611. The van der Waals surface area contributed by atoms with Gasteiger partial charge in [0.2, 0.25) is 0 Å². The van der Waals surface area contributed by atoms with Gasteiger partial charge in [0.05, 0.1) is 13.5 Å². The van der Waals surface area contributed by atoms with Crippen molar-refractivity contribution in [1.29, 1.82) is 0 Å². The minimum Gasteiger partial charge on any atom is -0.469 e. The molecule has 0 unspecified atom stereocenters. The van der Waals surface area contributed by atoms with Crippen LogP contribution in [0.5, 0.6) is 0 Å². The van der Waals surface area contributed by atoms with Gasteiger partial charge in [0, 0.05) is 11.9 Å². The molecule has 0 saturated carbocycles. The van der Waals surface area contributed by atoms with E-state index in [0.717, 1.165) is 0 Å². The third kappa shape index (κ3) is 2.10. The third-order valence-corrected chi connectivity index (χ3v) is 1.57. The van der Waals surface area contributed by atoms with Gasteiger partial charge in [-0.25, -0.2) is 0 Å². The van der Waals surface area contributed by atoms with Crippen LogP contribution in [0, 0.1) is 0 Å². The zero-order valence-electron chi connectivity index (χ0n) is 6.78. The molecule has 66 valence electrons. The first-order chi connectivity index (χ1) is 5.74. The van der Waals surface area contributed by atoms with E-state index in [1.54, 1.807) is 18.3 Å². The molecule has 0 saturated heterocycles. The Labute approximate surface area is 70.2 Å². The largest absolute Gasteiger partial charge is 0.469 e. The van der Waals surface area contributed by atoms with Crippen LogP contribution in [-0.4, -0.2) is 23.2 Å². The van der Waals surface area contributed by atoms with Crippen LogP contribution in [0.15, 0.2) is 18.3 Å². The van der Waals surface area contributed by atoms with Gasteiger partial charge in [-0.2, -0.15) is 0 Å². The van der Waals surface area contributed by atoms with Gasteiger partial charge in [0.25, 0.3) is 0 Å². The standard InChI is InChI=1S/C8H11NO3/c1-12-8(11)5-7(10)6-3-2-4-9-6/h2-4,7,9-10H,5H2,1H3/t7-/m0/s1. The van der Waals surface area contributed by atoms with E-state index in [1.807, 2.05) is 0 Å². The van der Waals surface area contributed by atoms with E-state index >= 15 is 0 Å². The Morgan fingerprint density at radius 3 is 3.08 bits per heavy atom. The van der Waals surface area contributed by atoms with Crippen LogP contribution in [-0.2, 0) is 9.53 Å². The third-order valence-electron chi connectivity index (χ3n) is 1.57. The number of carbonyl (C=O) groups is 1. The van der Waals surface area contributed by atoms with Gasteiger partial charge in [0.15, 0.2) is 0 Å². The van der Waals surface area contributed by atoms with Crippen molar-refractivity contribution >= 4 is 5.97 Å². The normalized spacial score (nSPS) is 12.5. The number of carbonyl (C=O) groups excluding carboxylic acids is 1. The highest BCUT2D eigenvalue weighted by Crippen LogP contribution is 2.13. The highest BCUT2D eigenvalue weighted by Gasteiger charge is 2.13. The van der Waals surface area contributed by atoms with Crippen molar-refractivity contribution in [2.45, 2.75) is 12.5 Å². The molecule has 0 bridgehead atoms. The molecule has 0 spiro atoms. The Morgan fingerprint density at radius 1 is 1.83 bits per heavy atom. The molecule has 0 radical (unpaired) electrons. The number of nitrogens with one attached hydrogen (secondary N) is 1. The fourth-order valence-corrected chi connectivity index (χ4v) is 0.903. The smallest absolute Gasteiger partial charge is 0.308 e. The molecule has 1 rings (SSSR count). The molecule has 1 atom stereocenters. The summed E-state index contributed by atoms with van der Waals surface area (Å²) in [6, 6.07) is 3.48. The first kappa shape index (κ1) is 8.80. The molecule has 12 heavy (non-hydrogen) atoms. The van der Waals surface area contributed by atoms with Crippen LogP contribution in [0.25, 0.3) is 0 Å². The van der Waals surface area contributed by atoms with Crippen molar-refractivity contribution in [3.8, 4) is 0 Å². The summed E-state index contributed by atoms with van der Waals surface area (Å²) in [7, 11) is 1.30. The number of hydrogen-bond acceptors (Lipinski definition) is 3. The van der Waals surface area contributed by atoms with E-state index in [9.17, 15) is 9.90 Å². The van der Waals surface area contributed by atoms with E-state index in [0.29, 0.717) is 5.69 Å². The minimum atomic E-state index is -0.799. The molecule has 1 aromatic heterocycles. The predicted molar refractivity (Wildman–Crippen MR) is 42.4 cm³/mol. The van der Waals surface area contributed by atoms with Crippen molar-refractivity contribution < 1.29 is 14.6 Å². The van der Waals surface area contributed by atoms with Crippen LogP contribution in [0.3, 0.4) is 0 Å². The lowest BCUT2D eigenvalue weighted by molar-refractivity contribution is -0.142. The summed E-state index contributed by atoms with van der Waals surface area (Å²) in [5, 5.41) is 9.38. The molecule has 0 aliphatic carbocycles. The summed E-state index contributed by atoms with van der Waals surface area (Å²) in [5.41, 5.74) is 0.625. The Balaban J connectivity index is 2.49. The van der Waals surface area contributed by atoms with E-state index in [-0.39, 0.29) is 6.42 Å². The average molecular weight is 169 g/mol. The van der Waals surface area contributed by atoms with E-state index in [1.165, 1.54) is 7.11 Å². The monoisotopic (exact) mass is 169 g/mol. The fraction of sp³-hybridized carbons (Fsp3) is 0.375. The van der Waals surface area contributed by atoms with E-state index in [2.05, 4.69) is 9.72 Å². The van der Waals surface area contributed by atoms with Gasteiger partial charge in [-0.3, -0.25) is 4.79 Å². The number of aliphatic hydroxyl groups excluding tert-OH is 1. The Bertz CT molecular complexity index is 243. The fourth-order valence-electron chi connectivity index (χ4n) is 0.903. The number of methoxy groups -OCH3 is 1. The maximum absolute atomic E-state index is 10.7. The molecule has 0 aliphatic rings. The average Bonchev–Trinajstić information content (AvgIpc) is 2.56. The Hall–Kier alpha value is -1.29. The van der Waals surface area contributed by atoms with Crippen molar-refractivity contribution in [2.24, 2.45) is 0 Å². The van der Waals surface area contributed by atoms with Crippen LogP contribution >= 0.6 is 0 Å². The molecule has 0 fully saturated rings. The van der Waals surface area contributed by atoms with Crippen molar-refractivity contribution in [2.75, 3.05) is 7.11 Å². The van der Waals surface area contributed by atoms with Gasteiger partial charge in [0.1, 0.15) is 6.10 Å². The molecule has 1 heterocycles. The van der Waals surface area contributed by atoms with Crippen LogP contribution in [0.2, 0.25) is 0 Å². The first-order valence-electron chi connectivity index (χ1n) is 3.62. The van der Waals surface area contributed by atoms with Crippen molar-refractivity contribution in [3.05, 3.63) is 24.0 Å². The number of hydrogen-bond donors (Lipinski definition) is 2. The number of ether oxygens (including phenoxy) is 1. The van der Waals surface area contributed by atoms with Crippen LogP contribution in [0.4, 0.5) is 0 Å². The number of aromatic nitrogens is 1. The highest BCUT2D eigenvalue weighted by atomic mass is 16.5. The van der Waals surface area contributed by atoms with Crippen LogP contribution < -0.4 is 0 Å². The molecule has 0 aromatic carbocycles. The SMILES string of the molecule is COC(=O)C[C@H](O)c1ccc[nH]1. The van der Waals surface area contributed by atoms with Gasteiger partial charge < -0.3 is 14.8 Å². The van der Waals surface area contributed by atoms with Crippen LogP contribution in [0.1, 0.15) is 18.2 Å². The summed E-state index contributed by atoms with van der Waals surface area (Å²) in [5.74, 6) is -0.419. The molecular formula is C8H11NO3. The van der Waals surface area contributed by atoms with Crippen molar-refractivity contribution in [3.63, 3.8) is 0 Å². The molecule has 1 aromatic rings. The topological polar surface area (TPSA) is 62.3 Å². The van der Waals surface area contributed by atoms with Gasteiger partial charge in [-0.05, 0) is 12.1 Å². The molecule has 4 heteroatoms. The maximum Gasteiger partial charge on any atom is 0.308 e. The number of esters is 1. The number of aliphatic hydroxyl groups is 1. The number of H-pyrrole nitrogens is 1. The summed E-state index contributed by atoms with van der Waals surface area (Å²) in [6.45, 7) is 0. The minimum absolute atomic E-state index is 0.0169. The Morgan fingerprint density at radius 2 is 2.58 bits per heavy atom. The molecule has 2 N–H and O–H groups in total. The molecule has 4 nitrogen and oxygen atoms in total. The van der Waals surface area contributed by atoms with Gasteiger partial charge in [-0.15, -0.1) is 0 Å². The second-order valence-corrected chi connectivity index (χ2v) is 2.42. The highest BCUT2D eigenvalue weighted by molar-refractivity contribution is 5.69. The van der Waals surface area contributed by atoms with Crippen molar-refractivity contribution in [1.82, 2.24) is 4.98 Å². The lowest BCUT2D eigenvalue weighted by Crippen LogP contribution is -2.08. The molecular weight excluding hydrogens is 158 g/mol. The number of rotatable bonds is 3. The second-order valence-electron chi connectivity index (χ2n) is 2.42.